The van der Waals surface area contributed by atoms with E-state index in [1.54, 1.807) is 19.9 Å². The number of hydrogen-bond acceptors (Lipinski definition) is 6. The summed E-state index contributed by atoms with van der Waals surface area (Å²) in [5.74, 6) is -1.93. The van der Waals surface area contributed by atoms with Crippen molar-refractivity contribution < 1.29 is 23.1 Å². The molecule has 3 N–H and O–H groups in total. The van der Waals surface area contributed by atoms with Gasteiger partial charge in [0.1, 0.15) is 0 Å². The Hall–Kier alpha value is -3.27. The highest BCUT2D eigenvalue weighted by Gasteiger charge is 2.16. The lowest BCUT2D eigenvalue weighted by atomic mass is 10.3. The SMILES string of the molecule is Cc1cc(C)nc(NS(=O)(=O)c2ccc(NC(=O)C=CC(=O)O)cc2)n1. The number of carboxylic acid groups (broad SMARTS) is 1. The van der Waals surface area contributed by atoms with Crippen LogP contribution in [0.15, 0.2) is 47.4 Å². The number of anilines is 2. The maximum Gasteiger partial charge on any atom is 0.328 e. The van der Waals surface area contributed by atoms with Gasteiger partial charge in [0.2, 0.25) is 11.9 Å². The fraction of sp³-hybridized carbons (Fsp3) is 0.125. The van der Waals surface area contributed by atoms with Crippen molar-refractivity contribution in [2.24, 2.45) is 0 Å². The van der Waals surface area contributed by atoms with E-state index in [2.05, 4.69) is 20.0 Å². The topological polar surface area (TPSA) is 138 Å². The third kappa shape index (κ3) is 5.38. The summed E-state index contributed by atoms with van der Waals surface area (Å²) in [5.41, 5.74) is 1.57. The molecule has 1 amide bonds. The average molecular weight is 376 g/mol. The van der Waals surface area contributed by atoms with Crippen LogP contribution in [-0.4, -0.2) is 35.4 Å². The number of benzene rings is 1. The molecule has 1 aromatic carbocycles. The quantitative estimate of drug-likeness (QED) is 0.649. The molecule has 136 valence electrons. The molecule has 0 unspecified atom stereocenters. The lowest BCUT2D eigenvalue weighted by molar-refractivity contribution is -0.131. The minimum absolute atomic E-state index is 0.0290. The first kappa shape index (κ1) is 19.1. The highest BCUT2D eigenvalue weighted by atomic mass is 32.2. The van der Waals surface area contributed by atoms with E-state index in [4.69, 9.17) is 5.11 Å². The van der Waals surface area contributed by atoms with E-state index in [0.717, 1.165) is 6.08 Å². The minimum Gasteiger partial charge on any atom is -0.478 e. The summed E-state index contributed by atoms with van der Waals surface area (Å²) in [4.78, 5) is 29.9. The molecular formula is C16H16N4O5S. The van der Waals surface area contributed by atoms with Gasteiger partial charge < -0.3 is 10.4 Å². The van der Waals surface area contributed by atoms with Crippen LogP contribution in [0.5, 0.6) is 0 Å². The van der Waals surface area contributed by atoms with Gasteiger partial charge in [0.05, 0.1) is 4.90 Å². The summed E-state index contributed by atoms with van der Waals surface area (Å²) in [5, 5.41) is 10.9. The normalized spacial score (nSPS) is 11.3. The number of nitrogens with one attached hydrogen (secondary N) is 2. The molecule has 2 rings (SSSR count). The van der Waals surface area contributed by atoms with Gasteiger partial charge in [-0.15, -0.1) is 0 Å². The Labute approximate surface area is 149 Å². The van der Waals surface area contributed by atoms with Crippen LogP contribution in [0.1, 0.15) is 11.4 Å². The molecule has 0 spiro atoms. The first-order chi connectivity index (χ1) is 12.2. The largest absolute Gasteiger partial charge is 0.478 e. The van der Waals surface area contributed by atoms with E-state index in [0.29, 0.717) is 23.2 Å². The maximum absolute atomic E-state index is 12.4. The summed E-state index contributed by atoms with van der Waals surface area (Å²) in [6.45, 7) is 3.45. The second kappa shape index (κ2) is 7.74. The molecule has 2 aromatic rings. The lowest BCUT2D eigenvalue weighted by Crippen LogP contribution is -2.16. The van der Waals surface area contributed by atoms with Crippen LogP contribution in [0, 0.1) is 13.8 Å². The number of rotatable bonds is 6. The Morgan fingerprint density at radius 1 is 1.04 bits per heavy atom. The number of aryl methyl sites for hydroxylation is 2. The molecule has 26 heavy (non-hydrogen) atoms. The molecule has 0 atom stereocenters. The Kier molecular flexibility index (Phi) is 5.68. The smallest absolute Gasteiger partial charge is 0.328 e. The highest BCUT2D eigenvalue weighted by molar-refractivity contribution is 7.92. The molecule has 1 aromatic heterocycles. The number of nitrogens with zero attached hydrogens (tertiary/aromatic N) is 2. The molecule has 0 fully saturated rings. The number of hydrogen-bond donors (Lipinski definition) is 3. The summed E-state index contributed by atoms with van der Waals surface area (Å²) in [7, 11) is -3.89. The van der Waals surface area contributed by atoms with Crippen LogP contribution in [0.2, 0.25) is 0 Å². The third-order valence-electron chi connectivity index (χ3n) is 3.02. The number of carbonyl (C=O) groups excluding carboxylic acids is 1. The first-order valence-corrected chi connectivity index (χ1v) is 8.81. The van der Waals surface area contributed by atoms with Gasteiger partial charge in [-0.05, 0) is 44.2 Å². The number of sulfonamides is 1. The van der Waals surface area contributed by atoms with Gasteiger partial charge in [-0.1, -0.05) is 0 Å². The van der Waals surface area contributed by atoms with Crippen molar-refractivity contribution in [1.29, 1.82) is 0 Å². The second-order valence-electron chi connectivity index (χ2n) is 5.27. The van der Waals surface area contributed by atoms with E-state index in [-0.39, 0.29) is 10.8 Å². The predicted octanol–water partition coefficient (Wildman–Crippen LogP) is 1.47. The molecule has 0 radical (unpaired) electrons. The van der Waals surface area contributed by atoms with Gasteiger partial charge in [0, 0.05) is 29.2 Å². The van der Waals surface area contributed by atoms with Gasteiger partial charge in [-0.25, -0.2) is 27.9 Å². The Balaban J connectivity index is 2.13. The Morgan fingerprint density at radius 3 is 2.15 bits per heavy atom. The van der Waals surface area contributed by atoms with Crippen LogP contribution >= 0.6 is 0 Å². The molecular weight excluding hydrogens is 360 g/mol. The van der Waals surface area contributed by atoms with Crippen LogP contribution in [-0.2, 0) is 19.6 Å². The van der Waals surface area contributed by atoms with Crippen molar-refractivity contribution in [2.45, 2.75) is 18.7 Å². The Bertz CT molecular complexity index is 948. The van der Waals surface area contributed by atoms with E-state index in [9.17, 15) is 18.0 Å². The zero-order valence-corrected chi connectivity index (χ0v) is 14.7. The van der Waals surface area contributed by atoms with E-state index >= 15 is 0 Å². The van der Waals surface area contributed by atoms with E-state index in [1.165, 1.54) is 24.3 Å². The Morgan fingerprint density at radius 2 is 1.62 bits per heavy atom. The third-order valence-corrected chi connectivity index (χ3v) is 4.36. The van der Waals surface area contributed by atoms with Crippen molar-refractivity contribution in [2.75, 3.05) is 10.0 Å². The van der Waals surface area contributed by atoms with Gasteiger partial charge in [-0.3, -0.25) is 4.79 Å². The zero-order chi connectivity index (χ0) is 19.3. The number of aliphatic carboxylic acids is 1. The van der Waals surface area contributed by atoms with Crippen molar-refractivity contribution >= 4 is 33.5 Å². The van der Waals surface area contributed by atoms with Crippen LogP contribution in [0.3, 0.4) is 0 Å². The molecule has 9 nitrogen and oxygen atoms in total. The van der Waals surface area contributed by atoms with Gasteiger partial charge in [-0.2, -0.15) is 0 Å². The van der Waals surface area contributed by atoms with E-state index in [1.807, 2.05) is 0 Å². The molecule has 0 aliphatic rings. The van der Waals surface area contributed by atoms with Gasteiger partial charge in [0.25, 0.3) is 10.0 Å². The van der Waals surface area contributed by atoms with E-state index < -0.39 is 21.9 Å². The van der Waals surface area contributed by atoms with Crippen molar-refractivity contribution in [3.63, 3.8) is 0 Å². The fourth-order valence-corrected chi connectivity index (χ4v) is 2.94. The maximum atomic E-state index is 12.4. The molecule has 0 aliphatic heterocycles. The molecule has 0 aliphatic carbocycles. The number of amides is 1. The standard InChI is InChI=1S/C16H16N4O5S/c1-10-9-11(2)18-16(17-10)20-26(24,25)13-5-3-12(4-6-13)19-14(21)7-8-15(22)23/h3-9H,1-2H3,(H,19,21)(H,22,23)(H,17,18,20). The summed E-state index contributed by atoms with van der Waals surface area (Å²) in [6, 6.07) is 7.06. The van der Waals surface area contributed by atoms with Gasteiger partial charge >= 0.3 is 5.97 Å². The summed E-state index contributed by atoms with van der Waals surface area (Å²) in [6.07, 6.45) is 1.55. The zero-order valence-electron chi connectivity index (χ0n) is 13.9. The van der Waals surface area contributed by atoms with Crippen LogP contribution in [0.4, 0.5) is 11.6 Å². The van der Waals surface area contributed by atoms with Gasteiger partial charge in [0.15, 0.2) is 0 Å². The van der Waals surface area contributed by atoms with Crippen molar-refractivity contribution in [3.05, 3.63) is 53.9 Å². The monoisotopic (exact) mass is 376 g/mol. The fourth-order valence-electron chi connectivity index (χ4n) is 2.00. The van der Waals surface area contributed by atoms with Crippen LogP contribution in [0.25, 0.3) is 0 Å². The molecule has 0 saturated carbocycles. The number of aromatic nitrogens is 2. The molecule has 0 saturated heterocycles. The first-order valence-electron chi connectivity index (χ1n) is 7.33. The number of carboxylic acids is 1. The summed E-state index contributed by atoms with van der Waals surface area (Å²) >= 11 is 0. The molecule has 0 bridgehead atoms. The highest BCUT2D eigenvalue weighted by Crippen LogP contribution is 2.17. The van der Waals surface area contributed by atoms with Crippen molar-refractivity contribution in [1.82, 2.24) is 9.97 Å². The molecule has 10 heteroatoms. The second-order valence-corrected chi connectivity index (χ2v) is 6.95. The van der Waals surface area contributed by atoms with Crippen LogP contribution < -0.4 is 10.0 Å². The minimum atomic E-state index is -3.89. The lowest BCUT2D eigenvalue weighted by Gasteiger charge is -2.09. The predicted molar refractivity (Wildman–Crippen MR) is 94.2 cm³/mol. The summed E-state index contributed by atoms with van der Waals surface area (Å²) < 4.78 is 27.1. The van der Waals surface area contributed by atoms with Crippen molar-refractivity contribution in [3.8, 4) is 0 Å². The molecule has 1 heterocycles. The number of carbonyl (C=O) groups is 2. The average Bonchev–Trinajstić information content (AvgIpc) is 2.52.